The van der Waals surface area contributed by atoms with Crippen molar-refractivity contribution in [2.75, 3.05) is 13.1 Å². The number of thiazole rings is 1. The molecular formula is C17H19N3O2S. The minimum atomic E-state index is -0.435. The van der Waals surface area contributed by atoms with Crippen LogP contribution in [0.4, 0.5) is 0 Å². The highest BCUT2D eigenvalue weighted by Gasteiger charge is 2.31. The van der Waals surface area contributed by atoms with E-state index in [1.54, 1.807) is 11.8 Å². The molecule has 0 radical (unpaired) electrons. The van der Waals surface area contributed by atoms with Gasteiger partial charge in [-0.2, -0.15) is 0 Å². The Balaban J connectivity index is 1.80. The fourth-order valence-electron chi connectivity index (χ4n) is 2.69. The fourth-order valence-corrected chi connectivity index (χ4v) is 3.74. The van der Waals surface area contributed by atoms with Crippen LogP contribution in [0.15, 0.2) is 30.3 Å². The number of nitrogens with one attached hydrogen (secondary N) is 1. The molecule has 1 saturated heterocycles. The van der Waals surface area contributed by atoms with Crippen molar-refractivity contribution >= 4 is 23.2 Å². The van der Waals surface area contributed by atoms with Gasteiger partial charge in [0.15, 0.2) is 0 Å². The van der Waals surface area contributed by atoms with Crippen molar-refractivity contribution in [2.24, 2.45) is 0 Å². The van der Waals surface area contributed by atoms with Crippen LogP contribution in [0.3, 0.4) is 0 Å². The lowest BCUT2D eigenvalue weighted by Crippen LogP contribution is -2.55. The van der Waals surface area contributed by atoms with Crippen molar-refractivity contribution in [2.45, 2.75) is 26.3 Å². The lowest BCUT2D eigenvalue weighted by Gasteiger charge is -2.32. The molecule has 2 aromatic rings. The topological polar surface area (TPSA) is 62.3 Å². The normalized spacial score (nSPS) is 17.9. The first kappa shape index (κ1) is 15.7. The zero-order valence-corrected chi connectivity index (χ0v) is 14.0. The van der Waals surface area contributed by atoms with Gasteiger partial charge in [-0.15, -0.1) is 11.3 Å². The number of carbonyl (C=O) groups is 2. The van der Waals surface area contributed by atoms with Crippen LogP contribution in [0.5, 0.6) is 0 Å². The standard InChI is InChI=1S/C17H19N3O2S/c1-11-15(17(22)20-9-8-18-16(21)12(20)2)23-14(19-11)10-13-6-4-3-5-7-13/h3-7,12H,8-10H2,1-2H3,(H,18,21). The molecule has 1 N–H and O–H groups in total. The minimum absolute atomic E-state index is 0.0957. The molecule has 0 spiro atoms. The van der Waals surface area contributed by atoms with Crippen LogP contribution in [0.2, 0.25) is 0 Å². The second-order valence-corrected chi connectivity index (χ2v) is 6.73. The molecule has 1 atom stereocenters. The van der Waals surface area contributed by atoms with Gasteiger partial charge in [0.1, 0.15) is 10.9 Å². The van der Waals surface area contributed by atoms with Crippen LogP contribution in [0.1, 0.15) is 32.9 Å². The van der Waals surface area contributed by atoms with E-state index in [0.717, 1.165) is 17.1 Å². The number of carbonyl (C=O) groups excluding carboxylic acids is 2. The van der Waals surface area contributed by atoms with E-state index in [1.807, 2.05) is 25.1 Å². The Labute approximate surface area is 139 Å². The number of amides is 2. The van der Waals surface area contributed by atoms with Gasteiger partial charge in [0.25, 0.3) is 5.91 Å². The summed E-state index contributed by atoms with van der Waals surface area (Å²) in [7, 11) is 0. The summed E-state index contributed by atoms with van der Waals surface area (Å²) in [5.74, 6) is -0.196. The Hall–Kier alpha value is -2.21. The van der Waals surface area contributed by atoms with Crippen LogP contribution in [0, 0.1) is 6.92 Å². The molecule has 1 aromatic heterocycles. The maximum atomic E-state index is 12.8. The van der Waals surface area contributed by atoms with Crippen molar-refractivity contribution in [3.63, 3.8) is 0 Å². The zero-order chi connectivity index (χ0) is 16.4. The predicted molar refractivity (Wildman–Crippen MR) is 89.6 cm³/mol. The van der Waals surface area contributed by atoms with E-state index in [0.29, 0.717) is 18.0 Å². The largest absolute Gasteiger partial charge is 0.353 e. The molecule has 5 nitrogen and oxygen atoms in total. The molecule has 1 fully saturated rings. The van der Waals surface area contributed by atoms with E-state index < -0.39 is 6.04 Å². The number of hydrogen-bond donors (Lipinski definition) is 1. The van der Waals surface area contributed by atoms with Gasteiger partial charge in [0, 0.05) is 19.5 Å². The van der Waals surface area contributed by atoms with Crippen molar-refractivity contribution in [3.8, 4) is 0 Å². The number of aromatic nitrogens is 1. The molecule has 1 aliphatic heterocycles. The third kappa shape index (κ3) is 3.27. The fraction of sp³-hybridized carbons (Fsp3) is 0.353. The summed E-state index contributed by atoms with van der Waals surface area (Å²) in [5.41, 5.74) is 1.91. The molecule has 1 aliphatic rings. The maximum Gasteiger partial charge on any atom is 0.266 e. The first-order chi connectivity index (χ1) is 11.1. The number of aryl methyl sites for hydroxylation is 1. The molecule has 0 bridgehead atoms. The number of hydrogen-bond acceptors (Lipinski definition) is 4. The first-order valence-electron chi connectivity index (χ1n) is 7.65. The van der Waals surface area contributed by atoms with Crippen molar-refractivity contribution in [1.82, 2.24) is 15.2 Å². The van der Waals surface area contributed by atoms with Crippen molar-refractivity contribution in [3.05, 3.63) is 51.5 Å². The van der Waals surface area contributed by atoms with Gasteiger partial charge < -0.3 is 10.2 Å². The molecule has 120 valence electrons. The maximum absolute atomic E-state index is 12.8. The van der Waals surface area contributed by atoms with Crippen LogP contribution in [-0.4, -0.2) is 40.8 Å². The molecule has 23 heavy (non-hydrogen) atoms. The average Bonchev–Trinajstić information content (AvgIpc) is 2.91. The number of benzene rings is 1. The number of rotatable bonds is 3. The molecule has 0 saturated carbocycles. The Morgan fingerprint density at radius 3 is 2.87 bits per heavy atom. The Bertz CT molecular complexity index is 727. The molecule has 0 aliphatic carbocycles. The smallest absolute Gasteiger partial charge is 0.266 e. The third-order valence-electron chi connectivity index (χ3n) is 3.99. The SMILES string of the molecule is Cc1nc(Cc2ccccc2)sc1C(=O)N1CCNC(=O)C1C. The van der Waals surface area contributed by atoms with E-state index in [9.17, 15) is 9.59 Å². The van der Waals surface area contributed by atoms with E-state index in [1.165, 1.54) is 16.9 Å². The van der Waals surface area contributed by atoms with Crippen LogP contribution >= 0.6 is 11.3 Å². The first-order valence-corrected chi connectivity index (χ1v) is 8.47. The second-order valence-electron chi connectivity index (χ2n) is 5.65. The molecule has 6 heteroatoms. The average molecular weight is 329 g/mol. The molecule has 2 heterocycles. The molecule has 1 aromatic carbocycles. The summed E-state index contributed by atoms with van der Waals surface area (Å²) >= 11 is 1.43. The van der Waals surface area contributed by atoms with Crippen LogP contribution in [0.25, 0.3) is 0 Å². The minimum Gasteiger partial charge on any atom is -0.353 e. The molecular weight excluding hydrogens is 310 g/mol. The van der Waals surface area contributed by atoms with Gasteiger partial charge in [-0.1, -0.05) is 30.3 Å². The number of piperazine rings is 1. The van der Waals surface area contributed by atoms with Gasteiger partial charge >= 0.3 is 0 Å². The lowest BCUT2D eigenvalue weighted by atomic mass is 10.2. The monoisotopic (exact) mass is 329 g/mol. The lowest BCUT2D eigenvalue weighted by molar-refractivity contribution is -0.127. The summed E-state index contributed by atoms with van der Waals surface area (Å²) < 4.78 is 0. The van der Waals surface area contributed by atoms with E-state index in [4.69, 9.17) is 0 Å². The van der Waals surface area contributed by atoms with E-state index >= 15 is 0 Å². The van der Waals surface area contributed by atoms with Crippen LogP contribution < -0.4 is 5.32 Å². The molecule has 2 amide bonds. The predicted octanol–water partition coefficient (Wildman–Crippen LogP) is 2.00. The van der Waals surface area contributed by atoms with Crippen molar-refractivity contribution in [1.29, 1.82) is 0 Å². The van der Waals surface area contributed by atoms with Crippen molar-refractivity contribution < 1.29 is 9.59 Å². The Kier molecular flexibility index (Phi) is 4.43. The Morgan fingerprint density at radius 2 is 2.13 bits per heavy atom. The quantitative estimate of drug-likeness (QED) is 0.937. The Morgan fingerprint density at radius 1 is 1.39 bits per heavy atom. The van der Waals surface area contributed by atoms with Gasteiger partial charge in [-0.05, 0) is 19.4 Å². The second kappa shape index (κ2) is 6.50. The summed E-state index contributed by atoms with van der Waals surface area (Å²) in [5, 5.41) is 3.70. The van der Waals surface area contributed by atoms with E-state index in [-0.39, 0.29) is 11.8 Å². The number of nitrogens with zero attached hydrogens (tertiary/aromatic N) is 2. The summed E-state index contributed by atoms with van der Waals surface area (Å²) in [6.45, 7) is 4.65. The highest BCUT2D eigenvalue weighted by atomic mass is 32.1. The van der Waals surface area contributed by atoms with Gasteiger partial charge in [0.2, 0.25) is 5.91 Å². The summed E-state index contributed by atoms with van der Waals surface area (Å²) in [4.78, 5) is 31.3. The van der Waals surface area contributed by atoms with Crippen LogP contribution in [-0.2, 0) is 11.2 Å². The zero-order valence-electron chi connectivity index (χ0n) is 13.2. The van der Waals surface area contributed by atoms with E-state index in [2.05, 4.69) is 22.4 Å². The highest BCUT2D eigenvalue weighted by Crippen LogP contribution is 2.23. The summed E-state index contributed by atoms with van der Waals surface area (Å²) in [6.07, 6.45) is 0.718. The molecule has 3 rings (SSSR count). The summed E-state index contributed by atoms with van der Waals surface area (Å²) in [6, 6.07) is 9.64. The van der Waals surface area contributed by atoms with Gasteiger partial charge in [-0.3, -0.25) is 9.59 Å². The van der Waals surface area contributed by atoms with Gasteiger partial charge in [0.05, 0.1) is 10.7 Å². The molecule has 1 unspecified atom stereocenters. The highest BCUT2D eigenvalue weighted by molar-refractivity contribution is 7.13. The van der Waals surface area contributed by atoms with Gasteiger partial charge in [-0.25, -0.2) is 4.98 Å². The third-order valence-corrected chi connectivity index (χ3v) is 5.14.